The molecule has 0 aromatic heterocycles. The molecule has 1 aliphatic rings. The van der Waals surface area contributed by atoms with E-state index in [0.29, 0.717) is 18.7 Å². The van der Waals surface area contributed by atoms with E-state index in [1.54, 1.807) is 0 Å². The smallest absolute Gasteiger partial charge is 0.129 e. The molecule has 2 rings (SSSR count). The molecule has 14 heavy (non-hydrogen) atoms. The standard InChI is InChI=1S/C10H11F2NO/c11-8-2-1-7(9(12)3-8)4-10(14)5-13-6-10/h1-3,13-14H,4-6H2. The molecule has 2 nitrogen and oxygen atoms in total. The lowest BCUT2D eigenvalue weighted by Crippen LogP contribution is -2.60. The van der Waals surface area contributed by atoms with Crippen molar-refractivity contribution in [1.82, 2.24) is 5.32 Å². The first-order valence-electron chi connectivity index (χ1n) is 4.46. The lowest BCUT2D eigenvalue weighted by atomic mass is 9.89. The summed E-state index contributed by atoms with van der Waals surface area (Å²) in [6, 6.07) is 3.42. The van der Waals surface area contributed by atoms with E-state index in [0.717, 1.165) is 6.07 Å². The second-order valence-corrected chi connectivity index (χ2v) is 3.74. The number of benzene rings is 1. The van der Waals surface area contributed by atoms with Gasteiger partial charge in [0.2, 0.25) is 0 Å². The van der Waals surface area contributed by atoms with Crippen LogP contribution in [0.4, 0.5) is 8.78 Å². The SMILES string of the molecule is OC1(Cc2ccc(F)cc2F)CNC1. The summed E-state index contributed by atoms with van der Waals surface area (Å²) in [7, 11) is 0. The van der Waals surface area contributed by atoms with Crippen molar-refractivity contribution in [2.75, 3.05) is 13.1 Å². The number of hydrogen-bond donors (Lipinski definition) is 2. The number of hydrogen-bond acceptors (Lipinski definition) is 2. The highest BCUT2D eigenvalue weighted by Crippen LogP contribution is 2.20. The maximum Gasteiger partial charge on any atom is 0.129 e. The van der Waals surface area contributed by atoms with Crippen LogP contribution in [0.2, 0.25) is 0 Å². The quantitative estimate of drug-likeness (QED) is 0.739. The molecular weight excluding hydrogens is 188 g/mol. The third kappa shape index (κ3) is 1.76. The highest BCUT2D eigenvalue weighted by Gasteiger charge is 2.34. The highest BCUT2D eigenvalue weighted by molar-refractivity contribution is 5.21. The molecule has 1 aliphatic heterocycles. The Morgan fingerprint density at radius 2 is 2.07 bits per heavy atom. The maximum atomic E-state index is 13.2. The molecule has 0 bridgehead atoms. The second-order valence-electron chi connectivity index (χ2n) is 3.74. The highest BCUT2D eigenvalue weighted by atomic mass is 19.1. The average molecular weight is 199 g/mol. The van der Waals surface area contributed by atoms with Crippen molar-refractivity contribution in [3.8, 4) is 0 Å². The van der Waals surface area contributed by atoms with Gasteiger partial charge in [-0.05, 0) is 11.6 Å². The minimum atomic E-state index is -0.862. The van der Waals surface area contributed by atoms with Crippen molar-refractivity contribution in [2.24, 2.45) is 0 Å². The predicted molar refractivity (Wildman–Crippen MR) is 47.9 cm³/mol. The van der Waals surface area contributed by atoms with Gasteiger partial charge in [0, 0.05) is 25.6 Å². The van der Waals surface area contributed by atoms with Gasteiger partial charge in [0.05, 0.1) is 5.60 Å². The van der Waals surface area contributed by atoms with Crippen LogP contribution >= 0.6 is 0 Å². The summed E-state index contributed by atoms with van der Waals surface area (Å²) in [5.74, 6) is -1.18. The summed E-state index contributed by atoms with van der Waals surface area (Å²) in [6.45, 7) is 0.924. The monoisotopic (exact) mass is 199 g/mol. The summed E-state index contributed by atoms with van der Waals surface area (Å²) < 4.78 is 25.7. The summed E-state index contributed by atoms with van der Waals surface area (Å²) >= 11 is 0. The number of halogens is 2. The summed E-state index contributed by atoms with van der Waals surface area (Å²) in [6.07, 6.45) is 0.228. The Morgan fingerprint density at radius 3 is 2.57 bits per heavy atom. The van der Waals surface area contributed by atoms with Crippen LogP contribution in [0.25, 0.3) is 0 Å². The van der Waals surface area contributed by atoms with Crippen LogP contribution in [-0.4, -0.2) is 23.8 Å². The van der Waals surface area contributed by atoms with Gasteiger partial charge in [0.15, 0.2) is 0 Å². The van der Waals surface area contributed by atoms with Gasteiger partial charge in [-0.2, -0.15) is 0 Å². The Labute approximate surface area is 80.6 Å². The van der Waals surface area contributed by atoms with Crippen LogP contribution < -0.4 is 5.32 Å². The molecule has 0 saturated carbocycles. The van der Waals surface area contributed by atoms with E-state index in [9.17, 15) is 13.9 Å². The van der Waals surface area contributed by atoms with Crippen molar-refractivity contribution in [2.45, 2.75) is 12.0 Å². The third-order valence-corrected chi connectivity index (χ3v) is 2.44. The van der Waals surface area contributed by atoms with Gasteiger partial charge in [-0.3, -0.25) is 0 Å². The van der Waals surface area contributed by atoms with Crippen molar-refractivity contribution < 1.29 is 13.9 Å². The first kappa shape index (κ1) is 9.55. The zero-order valence-corrected chi connectivity index (χ0v) is 7.56. The molecule has 0 amide bonds. The molecule has 0 atom stereocenters. The Kier molecular flexibility index (Phi) is 2.25. The molecule has 1 fully saturated rings. The van der Waals surface area contributed by atoms with E-state index in [1.165, 1.54) is 12.1 Å². The van der Waals surface area contributed by atoms with E-state index >= 15 is 0 Å². The molecule has 4 heteroatoms. The van der Waals surface area contributed by atoms with E-state index in [2.05, 4.69) is 5.32 Å². The first-order chi connectivity index (χ1) is 6.59. The summed E-state index contributed by atoms with van der Waals surface area (Å²) in [5, 5.41) is 12.6. The van der Waals surface area contributed by atoms with Crippen LogP contribution in [0, 0.1) is 11.6 Å². The third-order valence-electron chi connectivity index (χ3n) is 2.44. The lowest BCUT2D eigenvalue weighted by molar-refractivity contribution is -0.00970. The van der Waals surface area contributed by atoms with Gasteiger partial charge in [-0.15, -0.1) is 0 Å². The average Bonchev–Trinajstić information content (AvgIpc) is 2.07. The first-order valence-corrected chi connectivity index (χ1v) is 4.46. The van der Waals surface area contributed by atoms with Crippen LogP contribution in [0.15, 0.2) is 18.2 Å². The summed E-state index contributed by atoms with van der Waals surface area (Å²) in [4.78, 5) is 0. The van der Waals surface area contributed by atoms with Gasteiger partial charge >= 0.3 is 0 Å². The Balaban J connectivity index is 2.16. The zero-order valence-electron chi connectivity index (χ0n) is 7.56. The van der Waals surface area contributed by atoms with E-state index in [4.69, 9.17) is 0 Å². The Morgan fingerprint density at radius 1 is 1.36 bits per heavy atom. The zero-order chi connectivity index (χ0) is 10.2. The normalized spacial score (nSPS) is 19.1. The van der Waals surface area contributed by atoms with Gasteiger partial charge in [-0.25, -0.2) is 8.78 Å². The Hall–Kier alpha value is -1.00. The fourth-order valence-electron chi connectivity index (χ4n) is 1.56. The van der Waals surface area contributed by atoms with Crippen LogP contribution in [-0.2, 0) is 6.42 Å². The molecule has 0 unspecified atom stereocenters. The number of aliphatic hydroxyl groups is 1. The van der Waals surface area contributed by atoms with Crippen molar-refractivity contribution in [3.05, 3.63) is 35.4 Å². The molecule has 1 heterocycles. The largest absolute Gasteiger partial charge is 0.387 e. The van der Waals surface area contributed by atoms with E-state index in [1.807, 2.05) is 0 Å². The molecule has 1 aromatic rings. The van der Waals surface area contributed by atoms with Crippen LogP contribution in [0.1, 0.15) is 5.56 Å². The van der Waals surface area contributed by atoms with Crippen LogP contribution in [0.5, 0.6) is 0 Å². The fraction of sp³-hybridized carbons (Fsp3) is 0.400. The number of β-amino-alcohol motifs (C(OH)–C–C–N with tert-alkyl or cyclic N) is 1. The summed E-state index contributed by atoms with van der Waals surface area (Å²) in [5.41, 5.74) is -0.506. The second kappa shape index (κ2) is 3.29. The van der Waals surface area contributed by atoms with Gasteiger partial charge in [0.25, 0.3) is 0 Å². The van der Waals surface area contributed by atoms with Gasteiger partial charge in [-0.1, -0.05) is 6.07 Å². The van der Waals surface area contributed by atoms with E-state index in [-0.39, 0.29) is 6.42 Å². The molecular formula is C10H11F2NO. The molecule has 1 saturated heterocycles. The molecule has 0 radical (unpaired) electrons. The molecule has 76 valence electrons. The van der Waals surface area contributed by atoms with Crippen LogP contribution in [0.3, 0.4) is 0 Å². The molecule has 1 aromatic carbocycles. The van der Waals surface area contributed by atoms with Gasteiger partial charge < -0.3 is 10.4 Å². The minimum absolute atomic E-state index is 0.228. The molecule has 0 aliphatic carbocycles. The number of nitrogens with one attached hydrogen (secondary N) is 1. The minimum Gasteiger partial charge on any atom is -0.387 e. The van der Waals surface area contributed by atoms with E-state index < -0.39 is 17.2 Å². The van der Waals surface area contributed by atoms with Gasteiger partial charge in [0.1, 0.15) is 11.6 Å². The van der Waals surface area contributed by atoms with Crippen molar-refractivity contribution >= 4 is 0 Å². The fourth-order valence-corrected chi connectivity index (χ4v) is 1.56. The lowest BCUT2D eigenvalue weighted by Gasteiger charge is -2.37. The number of rotatable bonds is 2. The maximum absolute atomic E-state index is 13.2. The molecule has 2 N–H and O–H groups in total. The predicted octanol–water partition coefficient (Wildman–Crippen LogP) is 0.842. The Bertz CT molecular complexity index is 350. The topological polar surface area (TPSA) is 32.3 Å². The van der Waals surface area contributed by atoms with Crippen molar-refractivity contribution in [3.63, 3.8) is 0 Å². The van der Waals surface area contributed by atoms with Crippen molar-refractivity contribution in [1.29, 1.82) is 0 Å². The molecule has 0 spiro atoms.